The van der Waals surface area contributed by atoms with Crippen LogP contribution in [0.5, 0.6) is 0 Å². The molecule has 1 aromatic rings. The highest BCUT2D eigenvalue weighted by Gasteiger charge is 2.28. The Morgan fingerprint density at radius 2 is 2.30 bits per heavy atom. The minimum Gasteiger partial charge on any atom is -0.374 e. The van der Waals surface area contributed by atoms with Crippen LogP contribution in [0, 0.1) is 0 Å². The highest BCUT2D eigenvalue weighted by atomic mass is 35.5. The lowest BCUT2D eigenvalue weighted by atomic mass is 9.94. The van der Waals surface area contributed by atoms with Gasteiger partial charge in [-0.1, -0.05) is 11.6 Å². The number of fused-ring (bicyclic) bond motifs is 1. The maximum absolute atomic E-state index is 11.9. The number of nitrogens with zero attached hydrogens (tertiary/aromatic N) is 1. The Labute approximate surface area is 124 Å². The van der Waals surface area contributed by atoms with Crippen LogP contribution in [0.3, 0.4) is 0 Å². The molecular weight excluding hydrogens is 276 g/mol. The Morgan fingerprint density at radius 3 is 3.00 bits per heavy atom. The van der Waals surface area contributed by atoms with Crippen LogP contribution in [-0.4, -0.2) is 24.1 Å². The molecule has 1 N–H and O–H groups in total. The van der Waals surface area contributed by atoms with Crippen LogP contribution in [0.2, 0.25) is 5.02 Å². The SMILES string of the molecule is CCN1Cc2c(cc(Cl)cc2[C@@H]2CCCCO2)NC1=O. The lowest BCUT2D eigenvalue weighted by Crippen LogP contribution is -2.39. The van der Waals surface area contributed by atoms with Gasteiger partial charge in [-0.3, -0.25) is 0 Å². The van der Waals surface area contributed by atoms with Gasteiger partial charge in [-0.2, -0.15) is 0 Å². The maximum atomic E-state index is 11.9. The molecule has 0 saturated carbocycles. The third kappa shape index (κ3) is 2.50. The van der Waals surface area contributed by atoms with Gasteiger partial charge in [0.1, 0.15) is 0 Å². The van der Waals surface area contributed by atoms with Crippen LogP contribution in [0.1, 0.15) is 43.4 Å². The van der Waals surface area contributed by atoms with Crippen LogP contribution in [0.25, 0.3) is 0 Å². The number of amides is 2. The van der Waals surface area contributed by atoms with Crippen molar-refractivity contribution >= 4 is 23.3 Å². The fourth-order valence-electron chi connectivity index (χ4n) is 2.93. The van der Waals surface area contributed by atoms with Crippen molar-refractivity contribution in [3.63, 3.8) is 0 Å². The number of benzene rings is 1. The Hall–Kier alpha value is -1.26. The highest BCUT2D eigenvalue weighted by molar-refractivity contribution is 6.31. The number of nitrogens with one attached hydrogen (secondary N) is 1. The number of hydrogen-bond acceptors (Lipinski definition) is 2. The van der Waals surface area contributed by atoms with Crippen LogP contribution in [0.4, 0.5) is 10.5 Å². The molecule has 1 aromatic carbocycles. The summed E-state index contributed by atoms with van der Waals surface area (Å²) in [5, 5.41) is 3.58. The van der Waals surface area contributed by atoms with E-state index in [-0.39, 0.29) is 12.1 Å². The average molecular weight is 295 g/mol. The molecule has 108 valence electrons. The van der Waals surface area contributed by atoms with Gasteiger partial charge in [0.2, 0.25) is 0 Å². The number of carbonyl (C=O) groups is 1. The van der Waals surface area contributed by atoms with Gasteiger partial charge in [0.15, 0.2) is 0 Å². The quantitative estimate of drug-likeness (QED) is 0.897. The molecule has 0 radical (unpaired) electrons. The van der Waals surface area contributed by atoms with Gasteiger partial charge in [0.05, 0.1) is 6.10 Å². The zero-order chi connectivity index (χ0) is 14.1. The Bertz CT molecular complexity index is 527. The second-order valence-electron chi connectivity index (χ2n) is 5.32. The summed E-state index contributed by atoms with van der Waals surface area (Å²) < 4.78 is 5.89. The average Bonchev–Trinajstić information content (AvgIpc) is 2.46. The Balaban J connectivity index is 2.00. The number of ether oxygens (including phenoxy) is 1. The van der Waals surface area contributed by atoms with E-state index in [4.69, 9.17) is 16.3 Å². The van der Waals surface area contributed by atoms with E-state index in [1.165, 1.54) is 6.42 Å². The van der Waals surface area contributed by atoms with Crippen molar-refractivity contribution in [3.05, 3.63) is 28.3 Å². The fourth-order valence-corrected chi connectivity index (χ4v) is 3.16. The third-order valence-corrected chi connectivity index (χ3v) is 4.25. The van der Waals surface area contributed by atoms with Crippen LogP contribution in [0.15, 0.2) is 12.1 Å². The minimum absolute atomic E-state index is 0.0576. The van der Waals surface area contributed by atoms with Gasteiger partial charge in [-0.15, -0.1) is 0 Å². The molecule has 1 atom stereocenters. The summed E-state index contributed by atoms with van der Waals surface area (Å²) in [6.07, 6.45) is 3.42. The fraction of sp³-hybridized carbons (Fsp3) is 0.533. The van der Waals surface area contributed by atoms with Crippen LogP contribution in [-0.2, 0) is 11.3 Å². The molecule has 2 aliphatic rings. The second-order valence-corrected chi connectivity index (χ2v) is 5.76. The van der Waals surface area contributed by atoms with Crippen LogP contribution >= 0.6 is 11.6 Å². The lowest BCUT2D eigenvalue weighted by Gasteiger charge is -2.33. The molecule has 3 rings (SSSR count). The zero-order valence-corrected chi connectivity index (χ0v) is 12.4. The predicted octanol–water partition coefficient (Wildman–Crippen LogP) is 3.95. The van der Waals surface area contributed by atoms with Gasteiger partial charge < -0.3 is 15.0 Å². The van der Waals surface area contributed by atoms with Crippen molar-refractivity contribution in [2.24, 2.45) is 0 Å². The summed E-state index contributed by atoms with van der Waals surface area (Å²) in [6, 6.07) is 3.76. The first-order valence-corrected chi connectivity index (χ1v) is 7.56. The topological polar surface area (TPSA) is 41.6 Å². The van der Waals surface area contributed by atoms with Gasteiger partial charge >= 0.3 is 6.03 Å². The highest BCUT2D eigenvalue weighted by Crippen LogP contribution is 2.37. The van der Waals surface area contributed by atoms with Gasteiger partial charge in [0.25, 0.3) is 0 Å². The molecule has 2 aliphatic heterocycles. The largest absolute Gasteiger partial charge is 0.374 e. The van der Waals surface area contributed by atoms with Crippen molar-refractivity contribution in [2.75, 3.05) is 18.5 Å². The molecule has 0 spiro atoms. The smallest absolute Gasteiger partial charge is 0.322 e. The first kappa shape index (κ1) is 13.7. The molecule has 20 heavy (non-hydrogen) atoms. The number of rotatable bonds is 2. The second kappa shape index (κ2) is 5.62. The van der Waals surface area contributed by atoms with Crippen LogP contribution < -0.4 is 5.32 Å². The first-order chi connectivity index (χ1) is 9.69. The lowest BCUT2D eigenvalue weighted by molar-refractivity contribution is 0.0141. The van der Waals surface area contributed by atoms with Crippen molar-refractivity contribution in [1.82, 2.24) is 4.90 Å². The monoisotopic (exact) mass is 294 g/mol. The molecule has 2 heterocycles. The van der Waals surface area contributed by atoms with E-state index in [0.717, 1.165) is 36.3 Å². The van der Waals surface area contributed by atoms with Crippen molar-refractivity contribution in [2.45, 2.75) is 38.8 Å². The van der Waals surface area contributed by atoms with Crippen molar-refractivity contribution < 1.29 is 9.53 Å². The van der Waals surface area contributed by atoms with E-state index >= 15 is 0 Å². The van der Waals surface area contributed by atoms with Crippen molar-refractivity contribution in [1.29, 1.82) is 0 Å². The number of hydrogen-bond donors (Lipinski definition) is 1. The summed E-state index contributed by atoms with van der Waals surface area (Å²) in [7, 11) is 0. The molecule has 0 bridgehead atoms. The number of carbonyl (C=O) groups excluding carboxylic acids is 1. The van der Waals surface area contributed by atoms with E-state index in [2.05, 4.69) is 5.32 Å². The molecule has 0 aliphatic carbocycles. The number of anilines is 1. The van der Waals surface area contributed by atoms with E-state index in [1.807, 2.05) is 19.1 Å². The molecular formula is C15H19ClN2O2. The standard InChI is InChI=1S/C15H19ClN2O2/c1-2-18-9-12-11(14-5-3-4-6-20-14)7-10(16)8-13(12)17-15(18)19/h7-8,14H,2-6,9H2,1H3,(H,17,19)/t14-/m0/s1. The Morgan fingerprint density at radius 1 is 1.45 bits per heavy atom. The number of urea groups is 1. The van der Waals surface area contributed by atoms with Gasteiger partial charge in [0, 0.05) is 36.0 Å². The molecule has 2 amide bonds. The normalized spacial score (nSPS) is 22.4. The number of halogens is 1. The van der Waals surface area contributed by atoms with E-state index < -0.39 is 0 Å². The maximum Gasteiger partial charge on any atom is 0.322 e. The summed E-state index contributed by atoms with van der Waals surface area (Å²) in [4.78, 5) is 13.7. The summed E-state index contributed by atoms with van der Waals surface area (Å²) >= 11 is 6.20. The van der Waals surface area contributed by atoms with E-state index in [0.29, 0.717) is 18.1 Å². The molecule has 1 saturated heterocycles. The minimum atomic E-state index is -0.0576. The summed E-state index contributed by atoms with van der Waals surface area (Å²) in [5.41, 5.74) is 3.10. The summed E-state index contributed by atoms with van der Waals surface area (Å²) in [5.74, 6) is 0. The molecule has 5 heteroatoms. The predicted molar refractivity (Wildman–Crippen MR) is 79.1 cm³/mol. The molecule has 0 unspecified atom stereocenters. The van der Waals surface area contributed by atoms with Gasteiger partial charge in [-0.25, -0.2) is 4.79 Å². The molecule has 1 fully saturated rings. The van der Waals surface area contributed by atoms with E-state index in [9.17, 15) is 4.79 Å². The first-order valence-electron chi connectivity index (χ1n) is 7.19. The van der Waals surface area contributed by atoms with Gasteiger partial charge in [-0.05, 0) is 43.9 Å². The summed E-state index contributed by atoms with van der Waals surface area (Å²) in [6.45, 7) is 4.11. The molecule has 4 nitrogen and oxygen atoms in total. The van der Waals surface area contributed by atoms with Crippen molar-refractivity contribution in [3.8, 4) is 0 Å². The van der Waals surface area contributed by atoms with E-state index in [1.54, 1.807) is 4.90 Å². The third-order valence-electron chi connectivity index (χ3n) is 4.04. The molecule has 0 aromatic heterocycles. The Kier molecular flexibility index (Phi) is 3.85. The zero-order valence-electron chi connectivity index (χ0n) is 11.6.